The molecule has 1 saturated carbocycles. The quantitative estimate of drug-likeness (QED) is 0.772. The van der Waals surface area contributed by atoms with Crippen molar-refractivity contribution in [2.75, 3.05) is 20.1 Å². The molecule has 1 fully saturated rings. The van der Waals surface area contributed by atoms with Gasteiger partial charge in [0.2, 0.25) is 10.0 Å². The zero-order valence-electron chi connectivity index (χ0n) is 11.5. The molecular formula is C13H22N2O2S2. The fourth-order valence-electron chi connectivity index (χ4n) is 2.04. The van der Waals surface area contributed by atoms with Crippen LogP contribution in [0.1, 0.15) is 31.1 Å². The summed E-state index contributed by atoms with van der Waals surface area (Å²) in [6.45, 7) is 3.57. The summed E-state index contributed by atoms with van der Waals surface area (Å²) in [7, 11) is -1.42. The molecule has 0 amide bonds. The monoisotopic (exact) mass is 302 g/mol. The summed E-state index contributed by atoms with van der Waals surface area (Å²) in [5, 5.41) is 3.07. The lowest BCUT2D eigenvalue weighted by atomic mass is 10.1. The maximum atomic E-state index is 12.2. The van der Waals surface area contributed by atoms with Gasteiger partial charge in [-0.2, -0.15) is 0 Å². The minimum Gasteiger partial charge on any atom is -0.319 e. The number of hydrogen-bond donors (Lipinski definition) is 2. The molecule has 0 unspecified atom stereocenters. The second-order valence-electron chi connectivity index (χ2n) is 5.25. The Kier molecular flexibility index (Phi) is 4.66. The van der Waals surface area contributed by atoms with Gasteiger partial charge < -0.3 is 5.32 Å². The van der Waals surface area contributed by atoms with Gasteiger partial charge in [-0.3, -0.25) is 0 Å². The van der Waals surface area contributed by atoms with Crippen molar-refractivity contribution >= 4 is 21.4 Å². The van der Waals surface area contributed by atoms with Crippen molar-refractivity contribution in [2.24, 2.45) is 5.41 Å². The number of hydrogen-bond acceptors (Lipinski definition) is 4. The van der Waals surface area contributed by atoms with Crippen molar-refractivity contribution in [2.45, 2.75) is 36.8 Å². The Labute approximate surface area is 119 Å². The molecule has 1 aliphatic carbocycles. The number of nitrogens with one attached hydrogen (secondary N) is 2. The van der Waals surface area contributed by atoms with E-state index in [0.29, 0.717) is 10.8 Å². The average Bonchev–Trinajstić information content (AvgIpc) is 3.03. The third-order valence-corrected chi connectivity index (χ3v) is 6.91. The summed E-state index contributed by atoms with van der Waals surface area (Å²) in [5.74, 6) is 0. The van der Waals surface area contributed by atoms with Crippen molar-refractivity contribution in [3.8, 4) is 0 Å². The number of sulfonamides is 1. The third kappa shape index (κ3) is 3.78. The highest BCUT2D eigenvalue weighted by Gasteiger charge is 2.41. The lowest BCUT2D eigenvalue weighted by molar-refractivity contribution is 0.476. The molecule has 0 aliphatic heterocycles. The number of thiophene rings is 1. The van der Waals surface area contributed by atoms with Crippen LogP contribution in [0, 0.1) is 5.41 Å². The molecule has 0 bridgehead atoms. The Balaban J connectivity index is 1.97. The second-order valence-corrected chi connectivity index (χ2v) is 8.41. The Morgan fingerprint density at radius 1 is 1.37 bits per heavy atom. The summed E-state index contributed by atoms with van der Waals surface area (Å²) in [4.78, 5) is 1.10. The smallest absolute Gasteiger partial charge is 0.250 e. The molecule has 1 aliphatic rings. The fourth-order valence-corrected chi connectivity index (χ4v) is 4.59. The molecule has 1 aromatic heterocycles. The molecule has 1 heterocycles. The van der Waals surface area contributed by atoms with Crippen molar-refractivity contribution in [3.05, 3.63) is 17.0 Å². The van der Waals surface area contributed by atoms with E-state index in [4.69, 9.17) is 0 Å². The van der Waals surface area contributed by atoms with Crippen LogP contribution < -0.4 is 10.0 Å². The lowest BCUT2D eigenvalue weighted by Gasteiger charge is -2.12. The standard InChI is InChI=1S/C13H22N2O2S2/c1-3-13(7-8-13)10-15-19(16,17)12-5-4-11(18-12)6-9-14-2/h4-5,14-15H,3,6-10H2,1-2H3. The Bertz CT molecular complexity index is 519. The van der Waals surface area contributed by atoms with E-state index in [1.165, 1.54) is 11.3 Å². The van der Waals surface area contributed by atoms with Crippen LogP contribution in [-0.4, -0.2) is 28.6 Å². The molecule has 1 aromatic rings. The molecule has 108 valence electrons. The summed E-state index contributed by atoms with van der Waals surface area (Å²) < 4.78 is 27.6. The van der Waals surface area contributed by atoms with E-state index in [1.807, 2.05) is 13.1 Å². The van der Waals surface area contributed by atoms with Gasteiger partial charge in [0.25, 0.3) is 0 Å². The zero-order chi connectivity index (χ0) is 13.9. The van der Waals surface area contributed by atoms with Crippen LogP contribution in [0.25, 0.3) is 0 Å². The summed E-state index contributed by atoms with van der Waals surface area (Å²) in [6, 6.07) is 3.62. The molecule has 19 heavy (non-hydrogen) atoms. The van der Waals surface area contributed by atoms with Crippen molar-refractivity contribution in [3.63, 3.8) is 0 Å². The lowest BCUT2D eigenvalue weighted by Crippen LogP contribution is -2.29. The van der Waals surface area contributed by atoms with Gasteiger partial charge in [0.15, 0.2) is 0 Å². The minimum atomic E-state index is -3.32. The molecule has 0 saturated heterocycles. The molecule has 6 heteroatoms. The van der Waals surface area contributed by atoms with Crippen molar-refractivity contribution in [1.82, 2.24) is 10.0 Å². The maximum Gasteiger partial charge on any atom is 0.250 e. The Morgan fingerprint density at radius 2 is 2.11 bits per heavy atom. The van der Waals surface area contributed by atoms with Crippen LogP contribution in [0.3, 0.4) is 0 Å². The highest BCUT2D eigenvalue weighted by atomic mass is 32.2. The van der Waals surface area contributed by atoms with Gasteiger partial charge in [0.05, 0.1) is 0 Å². The van der Waals surface area contributed by atoms with Gasteiger partial charge in [-0.1, -0.05) is 6.92 Å². The van der Waals surface area contributed by atoms with Crippen LogP contribution in [0.2, 0.25) is 0 Å². The first-order valence-corrected chi connectivity index (χ1v) is 9.04. The minimum absolute atomic E-state index is 0.235. The van der Waals surface area contributed by atoms with E-state index < -0.39 is 10.0 Å². The van der Waals surface area contributed by atoms with Crippen LogP contribution in [-0.2, 0) is 16.4 Å². The first-order valence-electron chi connectivity index (χ1n) is 6.74. The van der Waals surface area contributed by atoms with E-state index in [-0.39, 0.29) is 5.41 Å². The van der Waals surface area contributed by atoms with E-state index >= 15 is 0 Å². The van der Waals surface area contributed by atoms with Crippen molar-refractivity contribution < 1.29 is 8.42 Å². The van der Waals surface area contributed by atoms with E-state index in [9.17, 15) is 8.42 Å². The molecule has 4 nitrogen and oxygen atoms in total. The van der Waals surface area contributed by atoms with Crippen LogP contribution in [0.15, 0.2) is 16.3 Å². The first-order chi connectivity index (χ1) is 9.01. The third-order valence-electron chi connectivity index (χ3n) is 3.87. The average molecular weight is 302 g/mol. The molecule has 2 rings (SSSR count). The number of likely N-dealkylation sites (N-methyl/N-ethyl adjacent to an activating group) is 1. The summed E-state index contributed by atoms with van der Waals surface area (Å²) in [6.07, 6.45) is 4.21. The van der Waals surface area contributed by atoms with Gasteiger partial charge in [-0.25, -0.2) is 13.1 Å². The fraction of sp³-hybridized carbons (Fsp3) is 0.692. The maximum absolute atomic E-state index is 12.2. The van der Waals surface area contributed by atoms with Gasteiger partial charge in [-0.15, -0.1) is 11.3 Å². The van der Waals surface area contributed by atoms with Crippen LogP contribution in [0.4, 0.5) is 0 Å². The van der Waals surface area contributed by atoms with Crippen LogP contribution in [0.5, 0.6) is 0 Å². The molecule has 0 atom stereocenters. The highest BCUT2D eigenvalue weighted by molar-refractivity contribution is 7.91. The normalized spacial score (nSPS) is 17.6. The Morgan fingerprint density at radius 3 is 2.68 bits per heavy atom. The molecule has 0 radical (unpaired) electrons. The highest BCUT2D eigenvalue weighted by Crippen LogP contribution is 2.48. The van der Waals surface area contributed by atoms with Gasteiger partial charge >= 0.3 is 0 Å². The van der Waals surface area contributed by atoms with Gasteiger partial charge in [0.1, 0.15) is 4.21 Å². The SMILES string of the molecule is CCC1(CNS(=O)(=O)c2ccc(CCNC)s2)CC1. The van der Waals surface area contributed by atoms with E-state index in [1.54, 1.807) is 6.07 Å². The Hall–Kier alpha value is -0.430. The molecule has 2 N–H and O–H groups in total. The first kappa shape index (κ1) is 15.0. The van der Waals surface area contributed by atoms with Crippen LogP contribution >= 0.6 is 11.3 Å². The molecule has 0 aromatic carbocycles. The van der Waals surface area contributed by atoms with Crippen molar-refractivity contribution in [1.29, 1.82) is 0 Å². The summed E-state index contributed by atoms with van der Waals surface area (Å²) >= 11 is 1.37. The topological polar surface area (TPSA) is 58.2 Å². The summed E-state index contributed by atoms with van der Waals surface area (Å²) in [5.41, 5.74) is 0.235. The molecular weight excluding hydrogens is 280 g/mol. The van der Waals surface area contributed by atoms with Gasteiger partial charge in [0, 0.05) is 11.4 Å². The van der Waals surface area contributed by atoms with E-state index in [0.717, 1.165) is 37.1 Å². The largest absolute Gasteiger partial charge is 0.319 e. The predicted octanol–water partition coefficient (Wildman–Crippen LogP) is 1.98. The van der Waals surface area contributed by atoms with Gasteiger partial charge in [-0.05, 0) is 56.8 Å². The zero-order valence-corrected chi connectivity index (χ0v) is 13.2. The predicted molar refractivity (Wildman–Crippen MR) is 79.1 cm³/mol. The second kappa shape index (κ2) is 5.91. The number of rotatable bonds is 8. The van der Waals surface area contributed by atoms with E-state index in [2.05, 4.69) is 17.0 Å². The molecule has 0 spiro atoms.